The molecule has 0 saturated carbocycles. The molecule has 0 aliphatic carbocycles. The average Bonchev–Trinajstić information content (AvgIpc) is 4.09. The van der Waals surface area contributed by atoms with Gasteiger partial charge in [-0.05, 0) is 86.6 Å². The van der Waals surface area contributed by atoms with Crippen LogP contribution in [0, 0.1) is 0 Å². The molecule has 356 valence electrons. The molecular weight excluding hydrogens is 1120 g/mol. The molecule has 8 rings (SSSR count). The number of carbonyl (C=O) groups excluding carboxylic acids is 2. The zero-order valence-corrected chi connectivity index (χ0v) is 44.0. The van der Waals surface area contributed by atoms with E-state index >= 15 is 0 Å². The molecule has 21 heteroatoms. The molecule has 4 heterocycles. The number of fused-ring (bicyclic) bond motifs is 4. The SMILES string of the molecule is CC.CC.CCOC(=O)c1n[nH]c2ccc(Br)cc12.CCOC(=O)c1nn(C)c2ccc(Br)cc12.Cn1nc(C(=O)O)c2cc(Br)ccc21.O=C(O)c1n[nH]c2ccc(Br)cc12.[2H]CC.[2H]CF. The lowest BCUT2D eigenvalue weighted by atomic mass is 10.2. The molecule has 0 bridgehead atoms. The standard InChI is InChI=1S/C11H11BrN2O2.C10H9BrN2O2.C9H7BrN2O2.C8H5BrN2O2.3C2H6.CH3F/c1-3-16-11(15)10-8-6-7(12)4-5-9(8)14(2)13-10;1-2-15-10(14)9-7-5-6(11)3-4-8(7)12-13-9;1-12-7-3-2-5(10)4-6(7)8(11-12)9(13)14;9-4-1-2-6-5(3-4)7(8(12)13)11-10-6;4*1-2/h4-6H,3H2,1-2H3;3-5H,2H2,1H3,(H,12,13);2-4H,1H3,(H,13,14);1-3H,(H,10,11)(H,12,13);3*1-2H3;1H3/i;;;;1D;;;1D. The van der Waals surface area contributed by atoms with Gasteiger partial charge in [-0.15, -0.1) is 0 Å². The Morgan fingerprint density at radius 2 is 0.909 bits per heavy atom. The summed E-state index contributed by atoms with van der Waals surface area (Å²) in [6, 6.07) is 22.0. The van der Waals surface area contributed by atoms with E-state index in [2.05, 4.69) is 94.3 Å². The second kappa shape index (κ2) is 29.9. The van der Waals surface area contributed by atoms with Crippen LogP contribution in [0.3, 0.4) is 0 Å². The first-order chi connectivity index (χ1) is 32.5. The molecule has 0 atom stereocenters. The van der Waals surface area contributed by atoms with E-state index in [0.29, 0.717) is 42.3 Å². The molecule has 0 aliphatic rings. The Hall–Kier alpha value is -5.51. The normalized spacial score (nSPS) is 10.1. The van der Waals surface area contributed by atoms with Gasteiger partial charge in [-0.25, -0.2) is 19.2 Å². The van der Waals surface area contributed by atoms with Crippen molar-refractivity contribution >= 4 is 131 Å². The van der Waals surface area contributed by atoms with Gasteiger partial charge in [0.2, 0.25) is 0 Å². The fourth-order valence-corrected chi connectivity index (χ4v) is 6.92. The van der Waals surface area contributed by atoms with Crippen LogP contribution in [-0.4, -0.2) is 94.4 Å². The zero-order valence-electron chi connectivity index (χ0n) is 39.7. The smallest absolute Gasteiger partial charge is 0.359 e. The van der Waals surface area contributed by atoms with E-state index in [1.54, 1.807) is 62.4 Å². The van der Waals surface area contributed by atoms with Crippen molar-refractivity contribution in [3.8, 4) is 0 Å². The third kappa shape index (κ3) is 15.8. The number of esters is 2. The molecule has 4 aromatic carbocycles. The van der Waals surface area contributed by atoms with E-state index in [4.69, 9.17) is 22.4 Å². The number of ether oxygens (including phenoxy) is 2. The first-order valence-corrected chi connectivity index (χ1v) is 23.1. The first-order valence-electron chi connectivity index (χ1n) is 21.3. The highest BCUT2D eigenvalue weighted by Gasteiger charge is 2.18. The second-order valence-corrected chi connectivity index (χ2v) is 15.5. The number of nitrogens with one attached hydrogen (secondary N) is 2. The molecular formula is C45H53Br4FN8O8. The number of H-pyrrole nitrogens is 2. The van der Waals surface area contributed by atoms with Crippen molar-refractivity contribution in [3.05, 3.63) is 113 Å². The maximum absolute atomic E-state index is 11.7. The second-order valence-electron chi connectivity index (χ2n) is 11.8. The van der Waals surface area contributed by atoms with Crippen molar-refractivity contribution in [2.24, 2.45) is 14.1 Å². The summed E-state index contributed by atoms with van der Waals surface area (Å²) < 4.78 is 38.3. The molecule has 0 spiro atoms. The molecule has 0 saturated heterocycles. The van der Waals surface area contributed by atoms with Gasteiger partial charge in [0.1, 0.15) is 0 Å². The van der Waals surface area contributed by atoms with E-state index in [1.165, 1.54) is 0 Å². The Balaban J connectivity index is 0.000000426. The van der Waals surface area contributed by atoms with Crippen molar-refractivity contribution in [2.75, 3.05) is 20.4 Å². The number of carboxylic acid groups (broad SMARTS) is 2. The van der Waals surface area contributed by atoms with E-state index in [1.807, 2.05) is 82.3 Å². The molecule has 0 aliphatic heterocycles. The Morgan fingerprint density at radius 3 is 1.30 bits per heavy atom. The number of hydrogen-bond acceptors (Lipinski definition) is 10. The highest BCUT2D eigenvalue weighted by atomic mass is 79.9. The van der Waals surface area contributed by atoms with Gasteiger partial charge in [0, 0.05) is 54.9 Å². The summed E-state index contributed by atoms with van der Waals surface area (Å²) in [6.07, 6.45) is 0. The van der Waals surface area contributed by atoms with Gasteiger partial charge in [-0.2, -0.15) is 20.4 Å². The predicted molar refractivity (Wildman–Crippen MR) is 271 cm³/mol. The molecule has 66 heavy (non-hydrogen) atoms. The van der Waals surface area contributed by atoms with E-state index < -0.39 is 25.1 Å². The molecule has 0 fully saturated rings. The Morgan fingerprint density at radius 1 is 0.591 bits per heavy atom. The number of rotatable bonds is 6. The minimum Gasteiger partial charge on any atom is -0.476 e. The van der Waals surface area contributed by atoms with Crippen molar-refractivity contribution < 1.29 is 46.0 Å². The quantitative estimate of drug-likeness (QED) is 0.114. The molecule has 16 nitrogen and oxygen atoms in total. The minimum atomic E-state index is -1.02. The Bertz CT molecular complexity index is 2870. The maximum atomic E-state index is 11.7. The monoisotopic (exact) mass is 1170 g/mol. The van der Waals surface area contributed by atoms with Gasteiger partial charge < -0.3 is 19.7 Å². The number of alkyl halides is 1. The molecule has 0 radical (unpaired) electrons. The fraction of sp³-hybridized carbons (Fsp3) is 0.289. The highest BCUT2D eigenvalue weighted by molar-refractivity contribution is 9.11. The van der Waals surface area contributed by atoms with Crippen LogP contribution < -0.4 is 0 Å². The van der Waals surface area contributed by atoms with Crippen LogP contribution in [0.15, 0.2) is 90.7 Å². The van der Waals surface area contributed by atoms with Crippen molar-refractivity contribution in [1.29, 1.82) is 0 Å². The van der Waals surface area contributed by atoms with Gasteiger partial charge in [-0.1, -0.05) is 105 Å². The van der Waals surface area contributed by atoms with Gasteiger partial charge >= 0.3 is 23.9 Å². The van der Waals surface area contributed by atoms with E-state index in [0.717, 1.165) is 50.7 Å². The maximum Gasteiger partial charge on any atom is 0.359 e. The molecule has 4 N–H and O–H groups in total. The summed E-state index contributed by atoms with van der Waals surface area (Å²) in [5.74, 6) is -2.81. The molecule has 4 aromatic heterocycles. The minimum absolute atomic E-state index is 0.0521. The molecule has 0 amide bonds. The third-order valence-electron chi connectivity index (χ3n) is 8.02. The van der Waals surface area contributed by atoms with Crippen LogP contribution in [0.5, 0.6) is 0 Å². The van der Waals surface area contributed by atoms with E-state index in [-0.39, 0.29) is 17.4 Å². The lowest BCUT2D eigenvalue weighted by Gasteiger charge is -1.98. The summed E-state index contributed by atoms with van der Waals surface area (Å²) in [7, 11) is 2.53. The van der Waals surface area contributed by atoms with Crippen molar-refractivity contribution in [1.82, 2.24) is 40.0 Å². The number of hydrogen-bond donors (Lipinski definition) is 4. The fourth-order valence-electron chi connectivity index (χ4n) is 5.47. The lowest BCUT2D eigenvalue weighted by molar-refractivity contribution is 0.0511. The zero-order chi connectivity index (χ0) is 51.7. The predicted octanol–water partition coefficient (Wildman–Crippen LogP) is 12.7. The van der Waals surface area contributed by atoms with E-state index in [9.17, 15) is 23.6 Å². The topological polar surface area (TPSA) is 220 Å². The number of aromatic amines is 2. The molecule has 0 unspecified atom stereocenters. The number of nitrogens with zero attached hydrogens (tertiary/aromatic N) is 6. The Labute approximate surface area is 417 Å². The average molecular weight is 1170 g/mol. The van der Waals surface area contributed by atoms with Crippen molar-refractivity contribution in [2.45, 2.75) is 55.4 Å². The number of aryl methyl sites for hydroxylation is 2. The van der Waals surface area contributed by atoms with Gasteiger partial charge in [0.15, 0.2) is 22.8 Å². The van der Waals surface area contributed by atoms with Crippen LogP contribution >= 0.6 is 63.7 Å². The van der Waals surface area contributed by atoms with Crippen LogP contribution in [0.4, 0.5) is 4.39 Å². The number of aromatic carboxylic acids is 2. The van der Waals surface area contributed by atoms with Gasteiger partial charge in [0.25, 0.3) is 0 Å². The summed E-state index contributed by atoms with van der Waals surface area (Å²) in [5, 5.41) is 41.6. The van der Waals surface area contributed by atoms with Crippen molar-refractivity contribution in [3.63, 3.8) is 0 Å². The number of carbonyl (C=O) groups is 4. The summed E-state index contributed by atoms with van der Waals surface area (Å²) in [5.41, 5.74) is 4.09. The van der Waals surface area contributed by atoms with Crippen LogP contribution in [-0.2, 0) is 23.6 Å². The number of carboxylic acids is 2. The number of benzene rings is 4. The molecule has 8 aromatic rings. The third-order valence-corrected chi connectivity index (χ3v) is 9.99. The Kier molecular flexibility index (Phi) is 24.8. The number of halogens is 5. The summed E-state index contributed by atoms with van der Waals surface area (Å²) >= 11 is 13.3. The largest absolute Gasteiger partial charge is 0.476 e. The summed E-state index contributed by atoms with van der Waals surface area (Å²) in [6.45, 7) is 14.5. The highest BCUT2D eigenvalue weighted by Crippen LogP contribution is 2.25. The van der Waals surface area contributed by atoms with Crippen LogP contribution in [0.1, 0.15) is 100 Å². The van der Waals surface area contributed by atoms with Gasteiger partial charge in [-0.3, -0.25) is 24.0 Å². The van der Waals surface area contributed by atoms with Gasteiger partial charge in [0.05, 0.1) is 43.8 Å². The lowest BCUT2D eigenvalue weighted by Crippen LogP contribution is -2.06. The van der Waals surface area contributed by atoms with Crippen LogP contribution in [0.25, 0.3) is 43.6 Å². The first kappa shape index (κ1) is 54.8. The van der Waals surface area contributed by atoms with Crippen LogP contribution in [0.2, 0.25) is 0 Å². The number of aromatic nitrogens is 8. The summed E-state index contributed by atoms with van der Waals surface area (Å²) in [4.78, 5) is 44.7.